The van der Waals surface area contributed by atoms with E-state index in [9.17, 15) is 9.59 Å². The minimum atomic E-state index is -0.569. The monoisotopic (exact) mass is 376 g/mol. The molecule has 2 aromatic carbocycles. The van der Waals surface area contributed by atoms with Crippen LogP contribution in [0.25, 0.3) is 0 Å². The molecular weight excluding hydrogens is 360 g/mol. The summed E-state index contributed by atoms with van der Waals surface area (Å²) in [5.41, 5.74) is 7.03. The molecule has 0 aliphatic rings. The van der Waals surface area contributed by atoms with Gasteiger partial charge in [0.25, 0.3) is 5.91 Å². The molecule has 23 heavy (non-hydrogen) atoms. The number of hydrogen-bond donors (Lipinski definition) is 2. The highest BCUT2D eigenvalue weighted by Crippen LogP contribution is 2.26. The van der Waals surface area contributed by atoms with Gasteiger partial charge >= 0.3 is 0 Å². The summed E-state index contributed by atoms with van der Waals surface area (Å²) in [6, 6.07) is 12.4. The maximum Gasteiger partial charge on any atom is 0.250 e. The van der Waals surface area contributed by atoms with E-state index in [1.165, 1.54) is 0 Å². The lowest BCUT2D eigenvalue weighted by Crippen LogP contribution is -2.18. The first-order chi connectivity index (χ1) is 11.0. The molecule has 0 unspecified atom stereocenters. The number of ether oxygens (including phenoxy) is 1. The predicted molar refractivity (Wildman–Crippen MR) is 92.6 cm³/mol. The fraction of sp³-hybridized carbons (Fsp3) is 0.176. The highest BCUT2D eigenvalue weighted by Gasteiger charge is 2.10. The highest BCUT2D eigenvalue weighted by molar-refractivity contribution is 9.10. The molecule has 0 saturated heterocycles. The molecule has 0 aliphatic carbocycles. The number of methoxy groups -OCH3 is 1. The molecular formula is C17H17BrN2O3. The maximum absolute atomic E-state index is 12.1. The van der Waals surface area contributed by atoms with E-state index in [1.54, 1.807) is 31.4 Å². The third kappa shape index (κ3) is 4.56. The van der Waals surface area contributed by atoms with Gasteiger partial charge in [-0.3, -0.25) is 9.59 Å². The zero-order valence-corrected chi connectivity index (χ0v) is 14.2. The summed E-state index contributed by atoms with van der Waals surface area (Å²) < 4.78 is 6.01. The van der Waals surface area contributed by atoms with E-state index >= 15 is 0 Å². The smallest absolute Gasteiger partial charge is 0.250 e. The Hall–Kier alpha value is -2.34. The standard InChI is InChI=1S/C17H17BrN2O3/c1-23-15-8-6-11(10-13(15)18)7-9-16(21)20-14-5-3-2-4-12(14)17(19)22/h2-6,8,10H,7,9H2,1H3,(H2,19,22)(H,20,21). The van der Waals surface area contributed by atoms with Gasteiger partial charge in [-0.15, -0.1) is 0 Å². The van der Waals surface area contributed by atoms with E-state index in [0.29, 0.717) is 24.1 Å². The van der Waals surface area contributed by atoms with E-state index in [-0.39, 0.29) is 5.91 Å². The molecule has 0 radical (unpaired) electrons. The summed E-state index contributed by atoms with van der Waals surface area (Å²) in [6.07, 6.45) is 0.874. The zero-order chi connectivity index (χ0) is 16.8. The number of anilines is 1. The van der Waals surface area contributed by atoms with Crippen molar-refractivity contribution in [3.8, 4) is 5.75 Å². The van der Waals surface area contributed by atoms with Crippen LogP contribution >= 0.6 is 15.9 Å². The van der Waals surface area contributed by atoms with E-state index < -0.39 is 5.91 Å². The van der Waals surface area contributed by atoms with Gasteiger partial charge in [-0.05, 0) is 52.2 Å². The van der Waals surface area contributed by atoms with E-state index in [4.69, 9.17) is 10.5 Å². The second-order valence-electron chi connectivity index (χ2n) is 4.93. The SMILES string of the molecule is COc1ccc(CCC(=O)Nc2ccccc2C(N)=O)cc1Br. The van der Waals surface area contributed by atoms with Crippen LogP contribution in [0.5, 0.6) is 5.75 Å². The van der Waals surface area contributed by atoms with Crippen molar-refractivity contribution >= 4 is 33.4 Å². The van der Waals surface area contributed by atoms with Gasteiger partial charge in [-0.2, -0.15) is 0 Å². The molecule has 5 nitrogen and oxygen atoms in total. The van der Waals surface area contributed by atoms with E-state index in [2.05, 4.69) is 21.2 Å². The Kier molecular flexibility index (Phi) is 5.76. The number of aryl methyl sites for hydroxylation is 1. The number of nitrogens with two attached hydrogens (primary N) is 1. The molecule has 0 fully saturated rings. The predicted octanol–water partition coefficient (Wildman–Crippen LogP) is 3.13. The fourth-order valence-electron chi connectivity index (χ4n) is 2.14. The van der Waals surface area contributed by atoms with Gasteiger partial charge in [0, 0.05) is 6.42 Å². The molecule has 2 aromatic rings. The molecule has 0 bridgehead atoms. The summed E-state index contributed by atoms with van der Waals surface area (Å²) in [4.78, 5) is 23.4. The molecule has 120 valence electrons. The van der Waals surface area contributed by atoms with Gasteiger partial charge in [0.05, 0.1) is 22.8 Å². The minimum Gasteiger partial charge on any atom is -0.496 e. The number of rotatable bonds is 6. The normalized spacial score (nSPS) is 10.2. The number of para-hydroxylation sites is 1. The Morgan fingerprint density at radius 2 is 1.96 bits per heavy atom. The van der Waals surface area contributed by atoms with Gasteiger partial charge in [-0.1, -0.05) is 18.2 Å². The molecule has 0 spiro atoms. The van der Waals surface area contributed by atoms with Crippen LogP contribution in [0.2, 0.25) is 0 Å². The molecule has 2 rings (SSSR count). The molecule has 0 saturated carbocycles. The Morgan fingerprint density at radius 1 is 1.22 bits per heavy atom. The van der Waals surface area contributed by atoms with Crippen LogP contribution < -0.4 is 15.8 Å². The zero-order valence-electron chi connectivity index (χ0n) is 12.6. The second kappa shape index (κ2) is 7.78. The maximum atomic E-state index is 12.1. The van der Waals surface area contributed by atoms with Gasteiger partial charge in [0.2, 0.25) is 5.91 Å². The number of carbonyl (C=O) groups excluding carboxylic acids is 2. The second-order valence-corrected chi connectivity index (χ2v) is 5.78. The van der Waals surface area contributed by atoms with Crippen molar-refractivity contribution < 1.29 is 14.3 Å². The third-order valence-corrected chi connectivity index (χ3v) is 3.94. The quantitative estimate of drug-likeness (QED) is 0.812. The summed E-state index contributed by atoms with van der Waals surface area (Å²) in [5, 5.41) is 2.72. The topological polar surface area (TPSA) is 81.4 Å². The van der Waals surface area contributed by atoms with E-state index in [1.807, 2.05) is 18.2 Å². The van der Waals surface area contributed by atoms with E-state index in [0.717, 1.165) is 15.8 Å². The van der Waals surface area contributed by atoms with Crippen LogP contribution in [0.3, 0.4) is 0 Å². The van der Waals surface area contributed by atoms with Crippen LogP contribution in [0.1, 0.15) is 22.3 Å². The number of hydrogen-bond acceptors (Lipinski definition) is 3. The van der Waals surface area contributed by atoms with Gasteiger partial charge < -0.3 is 15.8 Å². The van der Waals surface area contributed by atoms with Crippen LogP contribution in [-0.4, -0.2) is 18.9 Å². The van der Waals surface area contributed by atoms with Crippen molar-refractivity contribution in [2.24, 2.45) is 5.73 Å². The van der Waals surface area contributed by atoms with Crippen LogP contribution in [0, 0.1) is 0 Å². The Bertz CT molecular complexity index is 732. The minimum absolute atomic E-state index is 0.175. The first kappa shape index (κ1) is 17.0. The number of amides is 2. The van der Waals surface area contributed by atoms with Crippen LogP contribution in [0.4, 0.5) is 5.69 Å². The van der Waals surface area contributed by atoms with Gasteiger partial charge in [0.1, 0.15) is 5.75 Å². The van der Waals surface area contributed by atoms with Crippen LogP contribution in [-0.2, 0) is 11.2 Å². The molecule has 0 aliphatic heterocycles. The van der Waals surface area contributed by atoms with Crippen LogP contribution in [0.15, 0.2) is 46.9 Å². The average molecular weight is 377 g/mol. The summed E-state index contributed by atoms with van der Waals surface area (Å²) in [5.74, 6) is -0.000729. The fourth-order valence-corrected chi connectivity index (χ4v) is 2.73. The molecule has 2 amide bonds. The van der Waals surface area contributed by atoms with Crippen molar-refractivity contribution in [1.82, 2.24) is 0 Å². The number of benzene rings is 2. The largest absolute Gasteiger partial charge is 0.496 e. The lowest BCUT2D eigenvalue weighted by atomic mass is 10.1. The number of halogens is 1. The summed E-state index contributed by atoms with van der Waals surface area (Å²) in [6.45, 7) is 0. The van der Waals surface area contributed by atoms with Crippen molar-refractivity contribution in [2.45, 2.75) is 12.8 Å². The summed E-state index contributed by atoms with van der Waals surface area (Å²) >= 11 is 3.42. The van der Waals surface area contributed by atoms with Crippen molar-refractivity contribution in [3.63, 3.8) is 0 Å². The number of carbonyl (C=O) groups is 2. The lowest BCUT2D eigenvalue weighted by molar-refractivity contribution is -0.116. The van der Waals surface area contributed by atoms with Crippen molar-refractivity contribution in [1.29, 1.82) is 0 Å². The Balaban J connectivity index is 1.98. The highest BCUT2D eigenvalue weighted by atomic mass is 79.9. The molecule has 0 heterocycles. The van der Waals surface area contributed by atoms with Gasteiger partial charge in [-0.25, -0.2) is 0 Å². The molecule has 6 heteroatoms. The third-order valence-electron chi connectivity index (χ3n) is 3.32. The lowest BCUT2D eigenvalue weighted by Gasteiger charge is -2.09. The first-order valence-electron chi connectivity index (χ1n) is 7.02. The molecule has 0 atom stereocenters. The molecule has 3 N–H and O–H groups in total. The first-order valence-corrected chi connectivity index (χ1v) is 7.81. The summed E-state index contributed by atoms with van der Waals surface area (Å²) in [7, 11) is 1.60. The Labute approximate surface area is 143 Å². The average Bonchev–Trinajstić information content (AvgIpc) is 2.53. The number of nitrogens with one attached hydrogen (secondary N) is 1. The Morgan fingerprint density at radius 3 is 2.61 bits per heavy atom. The van der Waals surface area contributed by atoms with Crippen molar-refractivity contribution in [3.05, 3.63) is 58.1 Å². The van der Waals surface area contributed by atoms with Crippen molar-refractivity contribution in [2.75, 3.05) is 12.4 Å². The van der Waals surface area contributed by atoms with Gasteiger partial charge in [0.15, 0.2) is 0 Å². The number of primary amides is 1. The molecule has 0 aromatic heterocycles.